The van der Waals surface area contributed by atoms with Gasteiger partial charge in [-0.05, 0) is 12.8 Å². The van der Waals surface area contributed by atoms with Gasteiger partial charge in [0.25, 0.3) is 0 Å². The average molecular weight is 332 g/mol. The van der Waals surface area contributed by atoms with Crippen molar-refractivity contribution in [1.29, 1.82) is 0 Å². The number of carboxylic acids is 1. The standard InChI is InChI=1S/C15H25NO3S2/c17-13(16-10-12-11-20-7-8-21-12)9-15(14(18)19)5-3-1-2-4-6-15/h12H,1-11H2,(H,16,17)(H,18,19). The Morgan fingerprint density at radius 3 is 2.43 bits per heavy atom. The maximum absolute atomic E-state index is 12.2. The van der Waals surface area contributed by atoms with Crippen molar-refractivity contribution in [1.82, 2.24) is 5.32 Å². The Morgan fingerprint density at radius 1 is 1.14 bits per heavy atom. The second-order valence-corrected chi connectivity index (χ2v) is 8.61. The first-order valence-corrected chi connectivity index (χ1v) is 10.0. The third-order valence-electron chi connectivity index (χ3n) is 4.43. The van der Waals surface area contributed by atoms with Crippen LogP contribution in [0, 0.1) is 5.41 Å². The fourth-order valence-corrected chi connectivity index (χ4v) is 5.74. The summed E-state index contributed by atoms with van der Waals surface area (Å²) >= 11 is 3.84. The van der Waals surface area contributed by atoms with Crippen LogP contribution in [-0.2, 0) is 9.59 Å². The zero-order valence-electron chi connectivity index (χ0n) is 12.4. The molecule has 2 N–H and O–H groups in total. The highest BCUT2D eigenvalue weighted by molar-refractivity contribution is 8.06. The smallest absolute Gasteiger partial charge is 0.310 e. The van der Waals surface area contributed by atoms with Crippen LogP contribution in [0.25, 0.3) is 0 Å². The first-order valence-electron chi connectivity index (χ1n) is 7.82. The number of thioether (sulfide) groups is 2. The zero-order chi connectivity index (χ0) is 15.1. The molecule has 2 rings (SSSR count). The number of hydrogen-bond acceptors (Lipinski definition) is 4. The fraction of sp³-hybridized carbons (Fsp3) is 0.867. The van der Waals surface area contributed by atoms with Gasteiger partial charge in [-0.2, -0.15) is 23.5 Å². The van der Waals surface area contributed by atoms with Crippen LogP contribution in [0.15, 0.2) is 0 Å². The van der Waals surface area contributed by atoms with E-state index in [1.165, 1.54) is 5.75 Å². The Hall–Kier alpha value is -0.360. The molecule has 0 aromatic rings. The minimum absolute atomic E-state index is 0.0875. The van der Waals surface area contributed by atoms with Crippen LogP contribution in [0.5, 0.6) is 0 Å². The van der Waals surface area contributed by atoms with Crippen LogP contribution in [0.1, 0.15) is 44.9 Å². The Balaban J connectivity index is 1.84. The van der Waals surface area contributed by atoms with E-state index in [0.29, 0.717) is 24.6 Å². The van der Waals surface area contributed by atoms with Crippen molar-refractivity contribution in [3.8, 4) is 0 Å². The lowest BCUT2D eigenvalue weighted by Crippen LogP contribution is -2.40. The van der Waals surface area contributed by atoms with Crippen LogP contribution in [0.2, 0.25) is 0 Å². The third-order valence-corrected chi connectivity index (χ3v) is 7.27. The maximum Gasteiger partial charge on any atom is 0.310 e. The summed E-state index contributed by atoms with van der Waals surface area (Å²) in [5.74, 6) is 2.54. The molecule has 2 fully saturated rings. The lowest BCUT2D eigenvalue weighted by molar-refractivity contribution is -0.152. The summed E-state index contributed by atoms with van der Waals surface area (Å²) in [7, 11) is 0. The molecule has 1 aliphatic carbocycles. The second-order valence-electron chi connectivity index (χ2n) is 6.05. The van der Waals surface area contributed by atoms with Crippen LogP contribution >= 0.6 is 23.5 Å². The van der Waals surface area contributed by atoms with Crippen LogP contribution in [0.4, 0.5) is 0 Å². The molecule has 0 aromatic carbocycles. The van der Waals surface area contributed by atoms with E-state index in [9.17, 15) is 14.7 Å². The summed E-state index contributed by atoms with van der Waals surface area (Å²) in [6, 6.07) is 0. The summed E-state index contributed by atoms with van der Waals surface area (Å²) in [4.78, 5) is 23.9. The molecule has 0 aromatic heterocycles. The van der Waals surface area contributed by atoms with Crippen molar-refractivity contribution >= 4 is 35.4 Å². The molecule has 1 aliphatic heterocycles. The minimum Gasteiger partial charge on any atom is -0.481 e. The van der Waals surface area contributed by atoms with Gasteiger partial charge in [-0.15, -0.1) is 0 Å². The van der Waals surface area contributed by atoms with E-state index in [2.05, 4.69) is 5.32 Å². The van der Waals surface area contributed by atoms with Gasteiger partial charge in [-0.1, -0.05) is 25.7 Å². The zero-order valence-corrected chi connectivity index (χ0v) is 14.1. The van der Waals surface area contributed by atoms with Crippen LogP contribution in [-0.4, -0.2) is 46.0 Å². The van der Waals surface area contributed by atoms with Crippen molar-refractivity contribution in [2.45, 2.75) is 50.2 Å². The van der Waals surface area contributed by atoms with Crippen molar-refractivity contribution in [2.24, 2.45) is 5.41 Å². The van der Waals surface area contributed by atoms with Gasteiger partial charge >= 0.3 is 5.97 Å². The van der Waals surface area contributed by atoms with Crippen molar-refractivity contribution in [3.63, 3.8) is 0 Å². The Kier molecular flexibility index (Phi) is 6.74. The number of carbonyl (C=O) groups excluding carboxylic acids is 1. The average Bonchev–Trinajstić information content (AvgIpc) is 2.73. The molecule has 1 amide bonds. The molecule has 1 saturated carbocycles. The SMILES string of the molecule is O=C(CC1(C(=O)O)CCCCCC1)NCC1CSCCS1. The molecule has 2 aliphatic rings. The molecular weight excluding hydrogens is 306 g/mol. The topological polar surface area (TPSA) is 66.4 Å². The van der Waals surface area contributed by atoms with E-state index in [1.54, 1.807) is 0 Å². The molecule has 0 radical (unpaired) electrons. The van der Waals surface area contributed by atoms with Gasteiger partial charge in [0.2, 0.25) is 5.91 Å². The number of rotatable bonds is 5. The van der Waals surface area contributed by atoms with E-state index in [1.807, 2.05) is 23.5 Å². The lowest BCUT2D eigenvalue weighted by Gasteiger charge is -2.28. The number of carbonyl (C=O) groups is 2. The highest BCUT2D eigenvalue weighted by Crippen LogP contribution is 2.38. The van der Waals surface area contributed by atoms with Crippen LogP contribution in [0.3, 0.4) is 0 Å². The molecule has 1 unspecified atom stereocenters. The number of carboxylic acid groups (broad SMARTS) is 1. The quantitative estimate of drug-likeness (QED) is 0.758. The maximum atomic E-state index is 12.2. The Morgan fingerprint density at radius 2 is 1.86 bits per heavy atom. The molecule has 1 heterocycles. The van der Waals surface area contributed by atoms with Gasteiger partial charge in [0.15, 0.2) is 0 Å². The summed E-state index contributed by atoms with van der Waals surface area (Å²) in [5, 5.41) is 13.0. The van der Waals surface area contributed by atoms with E-state index >= 15 is 0 Å². The molecule has 4 nitrogen and oxygen atoms in total. The van der Waals surface area contributed by atoms with E-state index < -0.39 is 11.4 Å². The highest BCUT2D eigenvalue weighted by atomic mass is 32.2. The van der Waals surface area contributed by atoms with Gasteiger partial charge in [0.1, 0.15) is 0 Å². The largest absolute Gasteiger partial charge is 0.481 e. The number of amides is 1. The normalized spacial score (nSPS) is 25.8. The van der Waals surface area contributed by atoms with E-state index in [-0.39, 0.29) is 12.3 Å². The van der Waals surface area contributed by atoms with E-state index in [0.717, 1.165) is 37.2 Å². The predicted molar refractivity (Wildman–Crippen MR) is 89.0 cm³/mol. The monoisotopic (exact) mass is 331 g/mol. The Bertz CT molecular complexity index is 362. The van der Waals surface area contributed by atoms with Crippen molar-refractivity contribution in [3.05, 3.63) is 0 Å². The first kappa shape index (κ1) is 17.0. The summed E-state index contributed by atoms with van der Waals surface area (Å²) in [6.07, 6.45) is 5.46. The fourth-order valence-electron chi connectivity index (χ4n) is 3.12. The lowest BCUT2D eigenvalue weighted by atomic mass is 9.77. The number of aliphatic carboxylic acids is 1. The minimum atomic E-state index is -0.824. The molecule has 0 spiro atoms. The van der Waals surface area contributed by atoms with Gasteiger partial charge in [-0.3, -0.25) is 9.59 Å². The second kappa shape index (κ2) is 8.32. The predicted octanol–water partition coefficient (Wildman–Crippen LogP) is 2.77. The summed E-state index contributed by atoms with van der Waals surface area (Å²) in [5.41, 5.74) is -0.824. The number of hydrogen-bond donors (Lipinski definition) is 2. The van der Waals surface area contributed by atoms with Crippen molar-refractivity contribution < 1.29 is 14.7 Å². The molecular formula is C15H25NO3S2. The Labute approximate surface area is 135 Å². The van der Waals surface area contributed by atoms with Gasteiger partial charge < -0.3 is 10.4 Å². The molecule has 0 bridgehead atoms. The molecule has 6 heteroatoms. The third kappa shape index (κ3) is 5.09. The number of nitrogens with one attached hydrogen (secondary N) is 1. The van der Waals surface area contributed by atoms with Gasteiger partial charge in [0, 0.05) is 35.5 Å². The van der Waals surface area contributed by atoms with Crippen molar-refractivity contribution in [2.75, 3.05) is 23.8 Å². The van der Waals surface area contributed by atoms with Gasteiger partial charge in [0.05, 0.1) is 5.41 Å². The van der Waals surface area contributed by atoms with Gasteiger partial charge in [-0.25, -0.2) is 0 Å². The first-order chi connectivity index (χ1) is 10.1. The molecule has 120 valence electrons. The summed E-state index contributed by atoms with van der Waals surface area (Å²) < 4.78 is 0. The van der Waals surface area contributed by atoms with Crippen LogP contribution < -0.4 is 5.32 Å². The molecule has 1 atom stereocenters. The molecule has 1 saturated heterocycles. The van der Waals surface area contributed by atoms with E-state index in [4.69, 9.17) is 0 Å². The highest BCUT2D eigenvalue weighted by Gasteiger charge is 2.40. The summed E-state index contributed by atoms with van der Waals surface area (Å²) in [6.45, 7) is 0.673. The molecule has 21 heavy (non-hydrogen) atoms.